The highest BCUT2D eigenvalue weighted by molar-refractivity contribution is 5.72. The molecule has 0 fully saturated rings. The number of carboxylic acid groups (broad SMARTS) is 1. The number of carbonyl (C=O) groups is 1. The normalized spacial score (nSPS) is 9.57. The largest absolute Gasteiger partial charge is 0.480 e. The molecule has 1 heterocycles. The number of rotatable bonds is 4. The number of nitrogens with zero attached hydrogens (tertiary/aromatic N) is 3. The Morgan fingerprint density at radius 2 is 2.29 bits per heavy atom. The molecule has 6 heteroatoms. The van der Waals surface area contributed by atoms with Crippen LogP contribution in [0.2, 0.25) is 0 Å². The summed E-state index contributed by atoms with van der Waals surface area (Å²) in [7, 11) is 3.39. The number of hydrogen-bond donors (Lipinski definition) is 2. The first-order valence-electron chi connectivity index (χ1n) is 4.06. The zero-order valence-corrected chi connectivity index (χ0v) is 8.06. The Kier molecular flexibility index (Phi) is 3.22. The van der Waals surface area contributed by atoms with Crippen molar-refractivity contribution in [3.63, 3.8) is 0 Å². The first-order chi connectivity index (χ1) is 6.63. The maximum Gasteiger partial charge on any atom is 0.323 e. The van der Waals surface area contributed by atoms with E-state index < -0.39 is 5.97 Å². The fraction of sp³-hybridized carbons (Fsp3) is 0.375. The van der Waals surface area contributed by atoms with Crippen LogP contribution in [0.25, 0.3) is 0 Å². The van der Waals surface area contributed by atoms with E-state index in [9.17, 15) is 4.79 Å². The number of aliphatic carboxylic acids is 1. The molecule has 0 spiro atoms. The summed E-state index contributed by atoms with van der Waals surface area (Å²) >= 11 is 0. The number of hydrogen-bond acceptors (Lipinski definition) is 5. The number of carboxylic acids is 1. The van der Waals surface area contributed by atoms with E-state index in [1.54, 1.807) is 20.3 Å². The molecule has 0 saturated carbocycles. The predicted octanol–water partition coefficient (Wildman–Crippen LogP) is 0.0391. The highest BCUT2D eigenvalue weighted by Gasteiger charge is 2.06. The van der Waals surface area contributed by atoms with Crippen molar-refractivity contribution in [2.75, 3.05) is 30.9 Å². The van der Waals surface area contributed by atoms with Gasteiger partial charge in [-0.05, 0) is 0 Å². The van der Waals surface area contributed by atoms with Gasteiger partial charge in [-0.15, -0.1) is 0 Å². The smallest absolute Gasteiger partial charge is 0.323 e. The monoisotopic (exact) mass is 196 g/mol. The van der Waals surface area contributed by atoms with Gasteiger partial charge in [0.25, 0.3) is 0 Å². The number of likely N-dealkylation sites (N-methyl/N-ethyl adjacent to an activating group) is 1. The summed E-state index contributed by atoms with van der Waals surface area (Å²) in [5.41, 5.74) is 0. The van der Waals surface area contributed by atoms with Crippen LogP contribution in [0.3, 0.4) is 0 Å². The summed E-state index contributed by atoms with van der Waals surface area (Å²) in [6.07, 6.45) is 3.07. The number of nitrogens with one attached hydrogen (secondary N) is 1. The average Bonchev–Trinajstić information content (AvgIpc) is 2.17. The van der Waals surface area contributed by atoms with E-state index in [0.717, 1.165) is 0 Å². The van der Waals surface area contributed by atoms with Crippen molar-refractivity contribution < 1.29 is 9.90 Å². The molecule has 14 heavy (non-hydrogen) atoms. The first kappa shape index (κ1) is 10.2. The van der Waals surface area contributed by atoms with E-state index in [0.29, 0.717) is 11.6 Å². The molecule has 0 bridgehead atoms. The second kappa shape index (κ2) is 4.40. The molecule has 0 atom stereocenters. The standard InChI is InChI=1S/C8H12N4O2/c1-9-6-3-11-7(4-10-6)12(2)5-8(13)14/h3-4H,5H2,1-2H3,(H,9,10)(H,13,14). The van der Waals surface area contributed by atoms with Gasteiger partial charge in [0.05, 0.1) is 12.4 Å². The molecule has 0 radical (unpaired) electrons. The molecule has 1 aromatic heterocycles. The van der Waals surface area contributed by atoms with Gasteiger partial charge in [0.2, 0.25) is 0 Å². The second-order valence-corrected chi connectivity index (χ2v) is 2.76. The van der Waals surface area contributed by atoms with Gasteiger partial charge in [-0.25, -0.2) is 9.97 Å². The van der Waals surface area contributed by atoms with Crippen LogP contribution in [-0.4, -0.2) is 41.7 Å². The van der Waals surface area contributed by atoms with Crippen LogP contribution >= 0.6 is 0 Å². The van der Waals surface area contributed by atoms with Crippen LogP contribution in [0.15, 0.2) is 12.4 Å². The fourth-order valence-corrected chi connectivity index (χ4v) is 0.931. The van der Waals surface area contributed by atoms with Gasteiger partial charge >= 0.3 is 5.97 Å². The van der Waals surface area contributed by atoms with Crippen molar-refractivity contribution in [2.45, 2.75) is 0 Å². The minimum atomic E-state index is -0.896. The van der Waals surface area contributed by atoms with Crippen molar-refractivity contribution in [1.29, 1.82) is 0 Å². The van der Waals surface area contributed by atoms with E-state index in [-0.39, 0.29) is 6.54 Å². The van der Waals surface area contributed by atoms with Crippen LogP contribution in [0, 0.1) is 0 Å². The Balaban J connectivity index is 2.71. The first-order valence-corrected chi connectivity index (χ1v) is 4.06. The van der Waals surface area contributed by atoms with E-state index in [4.69, 9.17) is 5.11 Å². The van der Waals surface area contributed by atoms with E-state index in [1.807, 2.05) is 0 Å². The molecular weight excluding hydrogens is 184 g/mol. The summed E-state index contributed by atoms with van der Waals surface area (Å²) in [6, 6.07) is 0. The molecular formula is C8H12N4O2. The van der Waals surface area contributed by atoms with Crippen molar-refractivity contribution in [1.82, 2.24) is 9.97 Å². The molecule has 1 rings (SSSR count). The predicted molar refractivity (Wildman–Crippen MR) is 52.5 cm³/mol. The van der Waals surface area contributed by atoms with E-state index in [2.05, 4.69) is 15.3 Å². The topological polar surface area (TPSA) is 78.4 Å². The Hall–Kier alpha value is -1.85. The summed E-state index contributed by atoms with van der Waals surface area (Å²) in [5, 5.41) is 11.4. The molecule has 0 aliphatic carbocycles. The van der Waals surface area contributed by atoms with Gasteiger partial charge in [-0.2, -0.15) is 0 Å². The Morgan fingerprint density at radius 1 is 1.57 bits per heavy atom. The molecule has 2 N–H and O–H groups in total. The van der Waals surface area contributed by atoms with Crippen LogP contribution < -0.4 is 10.2 Å². The third-order valence-electron chi connectivity index (χ3n) is 1.66. The summed E-state index contributed by atoms with van der Waals surface area (Å²) in [6.45, 7) is -0.0897. The molecule has 76 valence electrons. The number of anilines is 2. The lowest BCUT2D eigenvalue weighted by Gasteiger charge is -2.14. The number of aromatic nitrogens is 2. The van der Waals surface area contributed by atoms with Crippen molar-refractivity contribution in [2.24, 2.45) is 0 Å². The van der Waals surface area contributed by atoms with Gasteiger partial charge in [-0.1, -0.05) is 0 Å². The molecule has 0 unspecified atom stereocenters. The van der Waals surface area contributed by atoms with Crippen LogP contribution in [-0.2, 0) is 4.79 Å². The third-order valence-corrected chi connectivity index (χ3v) is 1.66. The van der Waals surface area contributed by atoms with Gasteiger partial charge in [0.15, 0.2) is 0 Å². The van der Waals surface area contributed by atoms with Crippen LogP contribution in [0.4, 0.5) is 11.6 Å². The van der Waals surface area contributed by atoms with Gasteiger partial charge in [0, 0.05) is 14.1 Å². The highest BCUT2D eigenvalue weighted by atomic mass is 16.4. The average molecular weight is 196 g/mol. The molecule has 0 aromatic carbocycles. The molecule has 0 aliphatic rings. The van der Waals surface area contributed by atoms with Gasteiger partial charge < -0.3 is 15.3 Å². The Bertz CT molecular complexity index is 312. The molecule has 0 saturated heterocycles. The summed E-state index contributed by atoms with van der Waals surface area (Å²) in [4.78, 5) is 20.0. The van der Waals surface area contributed by atoms with Crippen LogP contribution in [0.5, 0.6) is 0 Å². The lowest BCUT2D eigenvalue weighted by Crippen LogP contribution is -2.26. The lowest BCUT2D eigenvalue weighted by molar-refractivity contribution is -0.135. The highest BCUT2D eigenvalue weighted by Crippen LogP contribution is 2.07. The Morgan fingerprint density at radius 3 is 2.71 bits per heavy atom. The minimum absolute atomic E-state index is 0.0897. The van der Waals surface area contributed by atoms with E-state index >= 15 is 0 Å². The lowest BCUT2D eigenvalue weighted by atomic mass is 10.5. The van der Waals surface area contributed by atoms with Crippen molar-refractivity contribution in [3.8, 4) is 0 Å². The SMILES string of the molecule is CNc1cnc(N(C)CC(=O)O)cn1. The molecule has 1 aromatic rings. The maximum absolute atomic E-state index is 10.4. The fourth-order valence-electron chi connectivity index (χ4n) is 0.931. The Labute approximate surface area is 81.6 Å². The summed E-state index contributed by atoms with van der Waals surface area (Å²) < 4.78 is 0. The zero-order chi connectivity index (χ0) is 10.6. The van der Waals surface area contributed by atoms with Crippen molar-refractivity contribution >= 4 is 17.6 Å². The molecule has 0 amide bonds. The zero-order valence-electron chi connectivity index (χ0n) is 8.06. The minimum Gasteiger partial charge on any atom is -0.480 e. The molecule has 0 aliphatic heterocycles. The van der Waals surface area contributed by atoms with Gasteiger partial charge in [-0.3, -0.25) is 4.79 Å². The summed E-state index contributed by atoms with van der Waals surface area (Å²) in [5.74, 6) is 0.288. The second-order valence-electron chi connectivity index (χ2n) is 2.76. The van der Waals surface area contributed by atoms with Gasteiger partial charge in [0.1, 0.15) is 18.2 Å². The maximum atomic E-state index is 10.4. The van der Waals surface area contributed by atoms with Crippen molar-refractivity contribution in [3.05, 3.63) is 12.4 Å². The van der Waals surface area contributed by atoms with Crippen LogP contribution in [0.1, 0.15) is 0 Å². The van der Waals surface area contributed by atoms with E-state index in [1.165, 1.54) is 11.1 Å². The molecule has 6 nitrogen and oxygen atoms in total. The third kappa shape index (κ3) is 2.58. The quantitative estimate of drug-likeness (QED) is 0.707.